The van der Waals surface area contributed by atoms with Gasteiger partial charge in [-0.15, -0.1) is 0 Å². The van der Waals surface area contributed by atoms with E-state index in [1.807, 2.05) is 27.7 Å². The minimum atomic E-state index is -0.274. The smallest absolute Gasteiger partial charge is 0.314 e. The van der Waals surface area contributed by atoms with Gasteiger partial charge >= 0.3 is 6.03 Å². The van der Waals surface area contributed by atoms with Crippen LogP contribution in [-0.2, 0) is 5.41 Å². The summed E-state index contributed by atoms with van der Waals surface area (Å²) in [5.74, 6) is -0.263. The van der Waals surface area contributed by atoms with E-state index in [2.05, 4.69) is 10.6 Å². The summed E-state index contributed by atoms with van der Waals surface area (Å²) in [4.78, 5) is 11.8. The molecule has 0 aliphatic heterocycles. The van der Waals surface area contributed by atoms with Crippen molar-refractivity contribution in [1.82, 2.24) is 10.6 Å². The van der Waals surface area contributed by atoms with Gasteiger partial charge in [-0.1, -0.05) is 39.8 Å². The van der Waals surface area contributed by atoms with Crippen molar-refractivity contribution in [3.05, 3.63) is 35.6 Å². The Morgan fingerprint density at radius 2 is 1.74 bits per heavy atom. The van der Waals surface area contributed by atoms with Gasteiger partial charge in [-0.3, -0.25) is 0 Å². The lowest BCUT2D eigenvalue weighted by Crippen LogP contribution is -2.42. The number of amides is 2. The lowest BCUT2D eigenvalue weighted by Gasteiger charge is -2.26. The van der Waals surface area contributed by atoms with Crippen LogP contribution in [0.5, 0.6) is 0 Å². The van der Waals surface area contributed by atoms with Gasteiger partial charge in [0.1, 0.15) is 5.82 Å². The first-order valence-electron chi connectivity index (χ1n) is 8.05. The third-order valence-electron chi connectivity index (χ3n) is 4.06. The molecule has 1 aromatic rings. The molecule has 2 amide bonds. The summed E-state index contributed by atoms with van der Waals surface area (Å²) in [5.41, 5.74) is 0.594. The van der Waals surface area contributed by atoms with Crippen molar-refractivity contribution in [2.75, 3.05) is 19.7 Å². The summed E-state index contributed by atoms with van der Waals surface area (Å²) >= 11 is 0. The Kier molecular flexibility index (Phi) is 7.01. The topological polar surface area (TPSA) is 61.4 Å². The first kappa shape index (κ1) is 19.4. The molecule has 0 aliphatic carbocycles. The van der Waals surface area contributed by atoms with Crippen LogP contribution in [-0.4, -0.2) is 30.8 Å². The first-order valence-corrected chi connectivity index (χ1v) is 8.05. The fourth-order valence-corrected chi connectivity index (χ4v) is 2.21. The molecule has 1 rings (SSSR count). The Labute approximate surface area is 138 Å². The van der Waals surface area contributed by atoms with Gasteiger partial charge in [0.05, 0.1) is 0 Å². The molecule has 23 heavy (non-hydrogen) atoms. The van der Waals surface area contributed by atoms with E-state index in [-0.39, 0.29) is 29.3 Å². The van der Waals surface area contributed by atoms with Crippen molar-refractivity contribution < 1.29 is 14.3 Å². The molecule has 0 fully saturated rings. The van der Waals surface area contributed by atoms with E-state index in [1.54, 1.807) is 12.1 Å². The lowest BCUT2D eigenvalue weighted by molar-refractivity contribution is 0.148. The number of benzene rings is 1. The zero-order valence-electron chi connectivity index (χ0n) is 14.6. The van der Waals surface area contributed by atoms with E-state index >= 15 is 0 Å². The fraction of sp³-hybridized carbons (Fsp3) is 0.611. The van der Waals surface area contributed by atoms with Crippen LogP contribution in [0.4, 0.5) is 9.18 Å². The first-order chi connectivity index (χ1) is 10.7. The SMILES string of the molecule is CC(C)(CO)CCCNC(=O)NCC(C)(C)c1ccc(F)cc1. The van der Waals surface area contributed by atoms with Crippen LogP contribution < -0.4 is 10.6 Å². The zero-order valence-corrected chi connectivity index (χ0v) is 14.6. The van der Waals surface area contributed by atoms with Crippen LogP contribution in [0.15, 0.2) is 24.3 Å². The van der Waals surface area contributed by atoms with Gasteiger partial charge in [-0.25, -0.2) is 9.18 Å². The minimum absolute atomic E-state index is 0.108. The molecule has 0 aliphatic rings. The van der Waals surface area contributed by atoms with Gasteiger partial charge in [-0.2, -0.15) is 0 Å². The van der Waals surface area contributed by atoms with Gasteiger partial charge in [-0.05, 0) is 36.0 Å². The van der Waals surface area contributed by atoms with Crippen LogP contribution >= 0.6 is 0 Å². The number of rotatable bonds is 8. The number of hydrogen-bond donors (Lipinski definition) is 3. The molecule has 0 radical (unpaired) electrons. The Morgan fingerprint density at radius 1 is 1.13 bits per heavy atom. The number of aliphatic hydroxyl groups is 1. The predicted molar refractivity (Wildman–Crippen MR) is 90.9 cm³/mol. The lowest BCUT2D eigenvalue weighted by atomic mass is 9.84. The molecule has 0 saturated carbocycles. The van der Waals surface area contributed by atoms with Gasteiger partial charge in [0, 0.05) is 25.1 Å². The Morgan fingerprint density at radius 3 is 2.30 bits per heavy atom. The number of carbonyl (C=O) groups is 1. The maximum Gasteiger partial charge on any atom is 0.314 e. The number of nitrogens with one attached hydrogen (secondary N) is 2. The van der Waals surface area contributed by atoms with Crippen LogP contribution in [0.1, 0.15) is 46.1 Å². The number of hydrogen-bond acceptors (Lipinski definition) is 2. The van der Waals surface area contributed by atoms with Crippen LogP contribution in [0.2, 0.25) is 0 Å². The highest BCUT2D eigenvalue weighted by molar-refractivity contribution is 5.73. The van der Waals surface area contributed by atoms with Crippen LogP contribution in [0.3, 0.4) is 0 Å². The van der Waals surface area contributed by atoms with E-state index in [4.69, 9.17) is 0 Å². The molecular formula is C18H29FN2O2. The molecule has 5 heteroatoms. The molecule has 3 N–H and O–H groups in total. The Bertz CT molecular complexity index is 498. The molecular weight excluding hydrogens is 295 g/mol. The maximum absolute atomic E-state index is 13.0. The average Bonchev–Trinajstić information content (AvgIpc) is 2.50. The third-order valence-corrected chi connectivity index (χ3v) is 4.06. The van der Waals surface area contributed by atoms with E-state index in [9.17, 15) is 14.3 Å². The number of aliphatic hydroxyl groups excluding tert-OH is 1. The van der Waals surface area contributed by atoms with Gasteiger partial charge in [0.25, 0.3) is 0 Å². The predicted octanol–water partition coefficient (Wildman–Crippen LogP) is 3.20. The summed E-state index contributed by atoms with van der Waals surface area (Å²) in [7, 11) is 0. The van der Waals surface area contributed by atoms with E-state index in [1.165, 1.54) is 12.1 Å². The molecule has 0 aromatic heterocycles. The molecule has 1 aromatic carbocycles. The summed E-state index contributed by atoms with van der Waals surface area (Å²) in [6, 6.07) is 6.14. The summed E-state index contributed by atoms with van der Waals surface area (Å²) in [6.45, 7) is 9.19. The van der Waals surface area contributed by atoms with Crippen molar-refractivity contribution in [3.63, 3.8) is 0 Å². The van der Waals surface area contributed by atoms with Crippen LogP contribution in [0.25, 0.3) is 0 Å². The highest BCUT2D eigenvalue weighted by atomic mass is 19.1. The standard InChI is InChI=1S/C18H29FN2O2/c1-17(2,13-22)10-5-11-20-16(23)21-12-18(3,4)14-6-8-15(19)9-7-14/h6-9,22H,5,10-13H2,1-4H3,(H2,20,21,23). The van der Waals surface area contributed by atoms with Gasteiger partial charge in [0.15, 0.2) is 0 Å². The van der Waals surface area contributed by atoms with Crippen molar-refractivity contribution in [3.8, 4) is 0 Å². The highest BCUT2D eigenvalue weighted by Crippen LogP contribution is 2.22. The quantitative estimate of drug-likeness (QED) is 0.643. The van der Waals surface area contributed by atoms with Crippen molar-refractivity contribution >= 4 is 6.03 Å². The van der Waals surface area contributed by atoms with E-state index in [0.717, 1.165) is 18.4 Å². The highest BCUT2D eigenvalue weighted by Gasteiger charge is 2.21. The van der Waals surface area contributed by atoms with Crippen molar-refractivity contribution in [2.24, 2.45) is 5.41 Å². The normalized spacial score (nSPS) is 12.1. The molecule has 0 atom stereocenters. The van der Waals surface area contributed by atoms with Crippen LogP contribution in [0, 0.1) is 11.2 Å². The summed E-state index contributed by atoms with van der Waals surface area (Å²) in [5, 5.41) is 14.9. The molecule has 0 spiro atoms. The minimum Gasteiger partial charge on any atom is -0.396 e. The molecule has 130 valence electrons. The summed E-state index contributed by atoms with van der Waals surface area (Å²) in [6.07, 6.45) is 1.67. The van der Waals surface area contributed by atoms with E-state index in [0.29, 0.717) is 13.1 Å². The van der Waals surface area contributed by atoms with Crippen molar-refractivity contribution in [2.45, 2.75) is 46.0 Å². The summed E-state index contributed by atoms with van der Waals surface area (Å²) < 4.78 is 13.0. The Balaban J connectivity index is 2.33. The maximum atomic E-state index is 13.0. The number of urea groups is 1. The zero-order chi connectivity index (χ0) is 17.5. The van der Waals surface area contributed by atoms with Gasteiger partial charge < -0.3 is 15.7 Å². The number of halogens is 1. The largest absolute Gasteiger partial charge is 0.396 e. The number of carbonyl (C=O) groups excluding carboxylic acids is 1. The monoisotopic (exact) mass is 324 g/mol. The third kappa shape index (κ3) is 6.99. The second-order valence-electron chi connectivity index (χ2n) is 7.43. The molecule has 0 saturated heterocycles. The molecule has 4 nitrogen and oxygen atoms in total. The van der Waals surface area contributed by atoms with Gasteiger partial charge in [0.2, 0.25) is 0 Å². The molecule has 0 unspecified atom stereocenters. The Hall–Kier alpha value is -1.62. The van der Waals surface area contributed by atoms with Crippen molar-refractivity contribution in [1.29, 1.82) is 0 Å². The fourth-order valence-electron chi connectivity index (χ4n) is 2.21. The second-order valence-corrected chi connectivity index (χ2v) is 7.43. The molecule has 0 heterocycles. The average molecular weight is 324 g/mol. The second kappa shape index (κ2) is 8.29. The molecule has 0 bridgehead atoms. The van der Waals surface area contributed by atoms with E-state index < -0.39 is 0 Å².